The molecule has 1 amide bonds. The number of carbonyl (C=O) groups excluding carboxylic acids is 1. The van der Waals surface area contributed by atoms with Gasteiger partial charge in [0.25, 0.3) is 0 Å². The molecule has 1 atom stereocenters. The van der Waals surface area contributed by atoms with E-state index in [1.165, 1.54) is 11.3 Å². The van der Waals surface area contributed by atoms with Gasteiger partial charge in [-0.05, 0) is 30.2 Å². The predicted octanol–water partition coefficient (Wildman–Crippen LogP) is 4.29. The van der Waals surface area contributed by atoms with Crippen LogP contribution in [-0.4, -0.2) is 18.0 Å². The third-order valence-electron chi connectivity index (χ3n) is 3.65. The Bertz CT molecular complexity index is 479. The van der Waals surface area contributed by atoms with Crippen molar-refractivity contribution in [3.05, 3.63) is 22.4 Å². The SMILES string of the molecule is O=C(NC(c1cccs1)C1CCCC1)C(F)(F)C(F)(F)F. The average Bonchev–Trinajstić information content (AvgIpc) is 3.07. The van der Waals surface area contributed by atoms with E-state index in [-0.39, 0.29) is 5.92 Å². The second-order valence-electron chi connectivity index (χ2n) is 5.08. The molecule has 2 nitrogen and oxygen atoms in total. The Hall–Kier alpha value is -1.18. The summed E-state index contributed by atoms with van der Waals surface area (Å²) in [5, 5.41) is 3.61. The van der Waals surface area contributed by atoms with Crippen molar-refractivity contribution in [2.24, 2.45) is 5.92 Å². The molecule has 21 heavy (non-hydrogen) atoms. The zero-order chi connectivity index (χ0) is 15.7. The van der Waals surface area contributed by atoms with Crippen LogP contribution in [0, 0.1) is 5.92 Å². The van der Waals surface area contributed by atoms with Crippen LogP contribution in [0.5, 0.6) is 0 Å². The van der Waals surface area contributed by atoms with Crippen LogP contribution in [-0.2, 0) is 4.79 Å². The summed E-state index contributed by atoms with van der Waals surface area (Å²) in [5.41, 5.74) is 0. The normalized spacial score (nSPS) is 18.7. The van der Waals surface area contributed by atoms with Crippen molar-refractivity contribution in [1.82, 2.24) is 5.32 Å². The van der Waals surface area contributed by atoms with Crippen molar-refractivity contribution < 1.29 is 26.7 Å². The van der Waals surface area contributed by atoms with Gasteiger partial charge in [-0.25, -0.2) is 0 Å². The molecule has 1 aliphatic carbocycles. The minimum absolute atomic E-state index is 0.100. The molecule has 0 aliphatic heterocycles. The lowest BCUT2D eigenvalue weighted by Gasteiger charge is -2.27. The van der Waals surface area contributed by atoms with Crippen LogP contribution in [0.25, 0.3) is 0 Å². The van der Waals surface area contributed by atoms with Gasteiger partial charge in [0.15, 0.2) is 0 Å². The maximum absolute atomic E-state index is 13.1. The molecule has 1 fully saturated rings. The lowest BCUT2D eigenvalue weighted by atomic mass is 9.96. The van der Waals surface area contributed by atoms with Crippen molar-refractivity contribution in [1.29, 1.82) is 0 Å². The minimum atomic E-state index is -5.88. The van der Waals surface area contributed by atoms with Crippen LogP contribution in [0.4, 0.5) is 22.0 Å². The van der Waals surface area contributed by atoms with Crippen molar-refractivity contribution in [2.45, 2.75) is 43.8 Å². The summed E-state index contributed by atoms with van der Waals surface area (Å²) in [5.74, 6) is -7.75. The molecule has 0 aromatic carbocycles. The third kappa shape index (κ3) is 3.36. The third-order valence-corrected chi connectivity index (χ3v) is 4.60. The zero-order valence-corrected chi connectivity index (χ0v) is 11.7. The van der Waals surface area contributed by atoms with Crippen molar-refractivity contribution in [2.75, 3.05) is 0 Å². The number of carbonyl (C=O) groups is 1. The topological polar surface area (TPSA) is 29.1 Å². The summed E-state index contributed by atoms with van der Waals surface area (Å²) in [7, 11) is 0. The first-order chi connectivity index (χ1) is 9.73. The Balaban J connectivity index is 2.18. The Kier molecular flexibility index (Phi) is 4.55. The molecule has 1 N–H and O–H groups in total. The Morgan fingerprint density at radius 3 is 2.33 bits per heavy atom. The van der Waals surface area contributed by atoms with Crippen molar-refractivity contribution >= 4 is 17.2 Å². The second kappa shape index (κ2) is 5.90. The molecule has 0 radical (unpaired) electrons. The summed E-state index contributed by atoms with van der Waals surface area (Å²) in [6.07, 6.45) is -2.69. The van der Waals surface area contributed by atoms with Crippen LogP contribution in [0.2, 0.25) is 0 Å². The lowest BCUT2D eigenvalue weighted by molar-refractivity contribution is -0.270. The van der Waals surface area contributed by atoms with Gasteiger partial charge in [-0.2, -0.15) is 22.0 Å². The van der Waals surface area contributed by atoms with E-state index in [0.29, 0.717) is 17.7 Å². The average molecular weight is 327 g/mol. The van der Waals surface area contributed by atoms with E-state index < -0.39 is 24.0 Å². The fourth-order valence-corrected chi connectivity index (χ4v) is 3.41. The van der Waals surface area contributed by atoms with E-state index in [1.807, 2.05) is 5.32 Å². The molecular weight excluding hydrogens is 313 g/mol. The molecule has 1 unspecified atom stereocenters. The molecule has 0 bridgehead atoms. The molecule has 0 saturated heterocycles. The zero-order valence-electron chi connectivity index (χ0n) is 10.9. The van der Waals surface area contributed by atoms with Crippen LogP contribution >= 0.6 is 11.3 Å². The molecule has 0 spiro atoms. The summed E-state index contributed by atoms with van der Waals surface area (Å²) < 4.78 is 62.9. The molecule has 8 heteroatoms. The van der Waals surface area contributed by atoms with E-state index in [4.69, 9.17) is 0 Å². The van der Waals surface area contributed by atoms with Crippen molar-refractivity contribution in [3.8, 4) is 0 Å². The van der Waals surface area contributed by atoms with Crippen LogP contribution in [0.15, 0.2) is 17.5 Å². The van der Waals surface area contributed by atoms with E-state index in [9.17, 15) is 26.7 Å². The monoisotopic (exact) mass is 327 g/mol. The van der Waals surface area contributed by atoms with Crippen LogP contribution < -0.4 is 5.32 Å². The Labute approximate surface area is 122 Å². The second-order valence-corrected chi connectivity index (χ2v) is 6.06. The first-order valence-corrected chi connectivity index (χ1v) is 7.40. The number of hydrogen-bond donors (Lipinski definition) is 1. The summed E-state index contributed by atoms with van der Waals surface area (Å²) >= 11 is 1.24. The standard InChI is InChI=1S/C13H14F5NOS/c14-12(15,13(16,17)18)11(20)19-10(8-4-1-2-5-8)9-6-3-7-21-9/h3,6-8,10H,1-2,4-5H2,(H,19,20). The Morgan fingerprint density at radius 2 is 1.86 bits per heavy atom. The number of halogens is 5. The van der Waals surface area contributed by atoms with Gasteiger partial charge in [-0.3, -0.25) is 4.79 Å². The van der Waals surface area contributed by atoms with E-state index >= 15 is 0 Å². The molecule has 1 aliphatic rings. The Morgan fingerprint density at radius 1 is 1.24 bits per heavy atom. The smallest absolute Gasteiger partial charge is 0.343 e. The number of hydrogen-bond acceptors (Lipinski definition) is 2. The van der Waals surface area contributed by atoms with E-state index in [0.717, 1.165) is 12.8 Å². The largest absolute Gasteiger partial charge is 0.463 e. The van der Waals surface area contributed by atoms with E-state index in [1.54, 1.807) is 17.5 Å². The first kappa shape index (κ1) is 16.2. The van der Waals surface area contributed by atoms with Gasteiger partial charge in [0.2, 0.25) is 0 Å². The molecule has 1 saturated carbocycles. The van der Waals surface area contributed by atoms with Gasteiger partial charge in [0, 0.05) is 4.88 Å². The fraction of sp³-hybridized carbons (Fsp3) is 0.615. The molecule has 1 aromatic heterocycles. The number of rotatable bonds is 4. The highest BCUT2D eigenvalue weighted by Gasteiger charge is 2.63. The molecule has 118 valence electrons. The maximum Gasteiger partial charge on any atom is 0.463 e. The van der Waals surface area contributed by atoms with Gasteiger partial charge in [-0.1, -0.05) is 18.9 Å². The molecule has 1 heterocycles. The van der Waals surface area contributed by atoms with Crippen LogP contribution in [0.1, 0.15) is 36.6 Å². The number of nitrogens with one attached hydrogen (secondary N) is 1. The fourth-order valence-electron chi connectivity index (χ4n) is 2.54. The number of alkyl halides is 5. The van der Waals surface area contributed by atoms with Gasteiger partial charge >= 0.3 is 18.0 Å². The first-order valence-electron chi connectivity index (χ1n) is 6.52. The minimum Gasteiger partial charge on any atom is -0.343 e. The number of thiophene rings is 1. The van der Waals surface area contributed by atoms with Gasteiger partial charge < -0.3 is 5.32 Å². The highest BCUT2D eigenvalue weighted by atomic mass is 32.1. The molecule has 2 rings (SSSR count). The molecule has 1 aromatic rings. The molecular formula is C13H14F5NOS. The van der Waals surface area contributed by atoms with Crippen molar-refractivity contribution in [3.63, 3.8) is 0 Å². The summed E-state index contributed by atoms with van der Waals surface area (Å²) in [6.45, 7) is 0. The quantitative estimate of drug-likeness (QED) is 0.821. The lowest BCUT2D eigenvalue weighted by Crippen LogP contribution is -2.51. The summed E-state index contributed by atoms with van der Waals surface area (Å²) in [4.78, 5) is 12.0. The highest BCUT2D eigenvalue weighted by Crippen LogP contribution is 2.40. The van der Waals surface area contributed by atoms with Crippen LogP contribution in [0.3, 0.4) is 0 Å². The van der Waals surface area contributed by atoms with Gasteiger partial charge in [-0.15, -0.1) is 11.3 Å². The van der Waals surface area contributed by atoms with Gasteiger partial charge in [0.05, 0.1) is 6.04 Å². The predicted molar refractivity (Wildman–Crippen MR) is 68.2 cm³/mol. The van der Waals surface area contributed by atoms with Gasteiger partial charge in [0.1, 0.15) is 0 Å². The number of amides is 1. The highest BCUT2D eigenvalue weighted by molar-refractivity contribution is 7.10. The van der Waals surface area contributed by atoms with E-state index in [2.05, 4.69) is 0 Å². The summed E-state index contributed by atoms with van der Waals surface area (Å²) in [6, 6.07) is 2.53. The maximum atomic E-state index is 13.1.